The van der Waals surface area contributed by atoms with Gasteiger partial charge < -0.3 is 9.84 Å². The summed E-state index contributed by atoms with van der Waals surface area (Å²) in [6, 6.07) is 7.93. The second-order valence-electron chi connectivity index (χ2n) is 3.72. The average molecular weight is 208 g/mol. The van der Waals surface area contributed by atoms with Crippen LogP contribution in [0.25, 0.3) is 0 Å². The number of aliphatic hydroxyl groups is 1. The van der Waals surface area contributed by atoms with Gasteiger partial charge in [-0.1, -0.05) is 32.0 Å². The fourth-order valence-electron chi connectivity index (χ4n) is 1.42. The van der Waals surface area contributed by atoms with Crippen molar-refractivity contribution >= 4 is 0 Å². The lowest BCUT2D eigenvalue weighted by atomic mass is 10.1. The van der Waals surface area contributed by atoms with E-state index >= 15 is 0 Å². The van der Waals surface area contributed by atoms with Gasteiger partial charge in [-0.25, -0.2) is 0 Å². The molecule has 1 aromatic carbocycles. The minimum atomic E-state index is -0.267. The van der Waals surface area contributed by atoms with Crippen LogP contribution in [0.1, 0.15) is 32.3 Å². The van der Waals surface area contributed by atoms with Crippen LogP contribution in [0, 0.1) is 0 Å². The van der Waals surface area contributed by atoms with Gasteiger partial charge in [-0.05, 0) is 24.5 Å². The molecule has 1 atom stereocenters. The lowest BCUT2D eigenvalue weighted by molar-refractivity contribution is 0.169. The molecule has 0 aliphatic rings. The summed E-state index contributed by atoms with van der Waals surface area (Å²) in [6.45, 7) is 4.81. The van der Waals surface area contributed by atoms with Crippen LogP contribution < -0.4 is 4.74 Å². The quantitative estimate of drug-likeness (QED) is 0.779. The van der Waals surface area contributed by atoms with Crippen molar-refractivity contribution in [2.75, 3.05) is 6.61 Å². The molecular weight excluding hydrogens is 188 g/mol. The molecule has 1 N–H and O–H groups in total. The Morgan fingerprint density at radius 2 is 2.00 bits per heavy atom. The molecule has 0 saturated carbocycles. The summed E-state index contributed by atoms with van der Waals surface area (Å²) in [5, 5.41) is 9.61. The van der Waals surface area contributed by atoms with Crippen molar-refractivity contribution in [3.8, 4) is 5.75 Å². The number of hydrogen-bond acceptors (Lipinski definition) is 2. The maximum atomic E-state index is 9.61. The van der Waals surface area contributed by atoms with Crippen LogP contribution in [-0.4, -0.2) is 17.8 Å². The molecule has 2 nitrogen and oxygen atoms in total. The Balaban J connectivity index is 2.67. The van der Waals surface area contributed by atoms with E-state index in [0.29, 0.717) is 6.42 Å². The largest absolute Gasteiger partial charge is 0.493 e. The molecule has 0 saturated heterocycles. The van der Waals surface area contributed by atoms with Crippen molar-refractivity contribution in [2.24, 2.45) is 0 Å². The number of aliphatic hydroxyl groups excluding tert-OH is 1. The summed E-state index contributed by atoms with van der Waals surface area (Å²) >= 11 is 0. The first-order chi connectivity index (χ1) is 7.27. The van der Waals surface area contributed by atoms with E-state index in [2.05, 4.69) is 6.92 Å². The highest BCUT2D eigenvalue weighted by Crippen LogP contribution is 2.20. The third-order valence-electron chi connectivity index (χ3n) is 2.36. The van der Waals surface area contributed by atoms with Crippen molar-refractivity contribution in [3.63, 3.8) is 0 Å². The molecule has 0 fully saturated rings. The molecule has 0 aromatic heterocycles. The molecule has 2 heteroatoms. The topological polar surface area (TPSA) is 29.5 Å². The molecule has 0 bridgehead atoms. The second kappa shape index (κ2) is 6.46. The minimum Gasteiger partial charge on any atom is -0.493 e. The maximum absolute atomic E-state index is 9.61. The van der Waals surface area contributed by atoms with Gasteiger partial charge in [-0.3, -0.25) is 0 Å². The zero-order valence-corrected chi connectivity index (χ0v) is 9.57. The second-order valence-corrected chi connectivity index (χ2v) is 3.72. The highest BCUT2D eigenvalue weighted by Gasteiger charge is 2.07. The van der Waals surface area contributed by atoms with Crippen molar-refractivity contribution in [2.45, 2.75) is 39.2 Å². The van der Waals surface area contributed by atoms with E-state index < -0.39 is 0 Å². The summed E-state index contributed by atoms with van der Waals surface area (Å²) in [5.41, 5.74) is 1.10. The molecular formula is C13H20O2. The van der Waals surface area contributed by atoms with Crippen molar-refractivity contribution in [1.82, 2.24) is 0 Å². The van der Waals surface area contributed by atoms with Crippen molar-refractivity contribution in [3.05, 3.63) is 29.8 Å². The Labute approximate surface area is 91.9 Å². The highest BCUT2D eigenvalue weighted by molar-refractivity contribution is 5.33. The summed E-state index contributed by atoms with van der Waals surface area (Å²) in [4.78, 5) is 0. The Kier molecular flexibility index (Phi) is 5.19. The zero-order valence-electron chi connectivity index (χ0n) is 9.57. The monoisotopic (exact) mass is 208 g/mol. The number of benzene rings is 1. The third-order valence-corrected chi connectivity index (χ3v) is 2.36. The third kappa shape index (κ3) is 3.92. The predicted molar refractivity (Wildman–Crippen MR) is 62.2 cm³/mol. The van der Waals surface area contributed by atoms with Gasteiger partial charge >= 0.3 is 0 Å². The van der Waals surface area contributed by atoms with Gasteiger partial charge in [0.15, 0.2) is 0 Å². The van der Waals surface area contributed by atoms with Crippen LogP contribution in [0.15, 0.2) is 24.3 Å². The normalized spacial score (nSPS) is 12.5. The number of ether oxygens (including phenoxy) is 1. The Morgan fingerprint density at radius 3 is 2.67 bits per heavy atom. The van der Waals surface area contributed by atoms with E-state index in [0.717, 1.165) is 30.8 Å². The lowest BCUT2D eigenvalue weighted by Gasteiger charge is -2.13. The number of hydrogen-bond donors (Lipinski definition) is 1. The first-order valence-corrected chi connectivity index (χ1v) is 5.66. The standard InChI is InChI=1S/C13H20O2/c1-3-9-15-13-8-6-5-7-11(13)10-12(14)4-2/h5-8,12,14H,3-4,9-10H2,1-2H3. The van der Waals surface area contributed by atoms with E-state index in [-0.39, 0.29) is 6.10 Å². The molecule has 0 aliphatic carbocycles. The summed E-state index contributed by atoms with van der Waals surface area (Å²) < 4.78 is 5.62. The van der Waals surface area contributed by atoms with Gasteiger partial charge in [-0.2, -0.15) is 0 Å². The molecule has 1 rings (SSSR count). The highest BCUT2D eigenvalue weighted by atomic mass is 16.5. The van der Waals surface area contributed by atoms with Crippen LogP contribution in [0.2, 0.25) is 0 Å². The fourth-order valence-corrected chi connectivity index (χ4v) is 1.42. The van der Waals surface area contributed by atoms with Crippen LogP contribution in [-0.2, 0) is 6.42 Å². The van der Waals surface area contributed by atoms with Crippen LogP contribution >= 0.6 is 0 Å². The zero-order chi connectivity index (χ0) is 11.1. The maximum Gasteiger partial charge on any atom is 0.122 e. The Hall–Kier alpha value is -1.02. The summed E-state index contributed by atoms with van der Waals surface area (Å²) in [6.07, 6.45) is 2.19. The molecule has 1 aromatic rings. The molecule has 0 amide bonds. The predicted octanol–water partition coefficient (Wildman–Crippen LogP) is 2.79. The smallest absolute Gasteiger partial charge is 0.122 e. The van der Waals surface area contributed by atoms with E-state index in [1.807, 2.05) is 31.2 Å². The van der Waals surface area contributed by atoms with Crippen LogP contribution in [0.5, 0.6) is 5.75 Å². The van der Waals surface area contributed by atoms with Gasteiger partial charge in [0, 0.05) is 6.42 Å². The Bertz CT molecular complexity index is 284. The summed E-state index contributed by atoms with van der Waals surface area (Å²) in [5.74, 6) is 0.909. The van der Waals surface area contributed by atoms with Gasteiger partial charge in [0.05, 0.1) is 12.7 Å². The van der Waals surface area contributed by atoms with E-state index in [4.69, 9.17) is 4.74 Å². The SMILES string of the molecule is CCCOc1ccccc1CC(O)CC. The lowest BCUT2D eigenvalue weighted by Crippen LogP contribution is -2.10. The van der Waals surface area contributed by atoms with Gasteiger partial charge in [0.2, 0.25) is 0 Å². The summed E-state index contributed by atoms with van der Waals surface area (Å²) in [7, 11) is 0. The van der Waals surface area contributed by atoms with Crippen LogP contribution in [0.4, 0.5) is 0 Å². The number of rotatable bonds is 6. The van der Waals surface area contributed by atoms with E-state index in [1.165, 1.54) is 0 Å². The number of para-hydroxylation sites is 1. The molecule has 0 aliphatic heterocycles. The van der Waals surface area contributed by atoms with Gasteiger partial charge in [-0.15, -0.1) is 0 Å². The van der Waals surface area contributed by atoms with Crippen molar-refractivity contribution in [1.29, 1.82) is 0 Å². The molecule has 84 valence electrons. The van der Waals surface area contributed by atoms with Crippen LogP contribution in [0.3, 0.4) is 0 Å². The first kappa shape index (κ1) is 12.1. The van der Waals surface area contributed by atoms with Crippen molar-refractivity contribution < 1.29 is 9.84 Å². The first-order valence-electron chi connectivity index (χ1n) is 5.66. The van der Waals surface area contributed by atoms with Gasteiger partial charge in [0.25, 0.3) is 0 Å². The molecule has 1 unspecified atom stereocenters. The van der Waals surface area contributed by atoms with E-state index in [1.54, 1.807) is 0 Å². The van der Waals surface area contributed by atoms with E-state index in [9.17, 15) is 5.11 Å². The average Bonchev–Trinajstić information content (AvgIpc) is 2.28. The Morgan fingerprint density at radius 1 is 1.27 bits per heavy atom. The molecule has 0 radical (unpaired) electrons. The van der Waals surface area contributed by atoms with Gasteiger partial charge in [0.1, 0.15) is 5.75 Å². The minimum absolute atomic E-state index is 0.267. The molecule has 0 heterocycles. The molecule has 0 spiro atoms. The fraction of sp³-hybridized carbons (Fsp3) is 0.538. The molecule has 15 heavy (non-hydrogen) atoms.